The minimum absolute atomic E-state index is 0.0345. The number of halogens is 1. The summed E-state index contributed by atoms with van der Waals surface area (Å²) in [5.74, 6) is -0.888. The summed E-state index contributed by atoms with van der Waals surface area (Å²) in [6.07, 6.45) is 2.18. The molecule has 2 heterocycles. The third-order valence-electron chi connectivity index (χ3n) is 3.74. The van der Waals surface area contributed by atoms with Gasteiger partial charge in [-0.05, 0) is 37.1 Å². The quantitative estimate of drug-likeness (QED) is 0.849. The molecule has 2 unspecified atom stereocenters. The van der Waals surface area contributed by atoms with Crippen molar-refractivity contribution in [1.82, 2.24) is 5.32 Å². The summed E-state index contributed by atoms with van der Waals surface area (Å²) in [6, 6.07) is 5.48. The molecule has 2 aliphatic heterocycles. The SMILES string of the molecule is O=C(CC1SC(=NCC2CCCO2)NC1=O)Nc1ccc(F)cc1. The molecular formula is C16H18FN3O3S. The number of carbonyl (C=O) groups is 2. The molecule has 0 radical (unpaired) electrons. The molecule has 0 saturated carbocycles. The minimum Gasteiger partial charge on any atom is -0.376 e. The third kappa shape index (κ3) is 4.55. The lowest BCUT2D eigenvalue weighted by atomic mass is 10.2. The van der Waals surface area contributed by atoms with Crippen LogP contribution in [0.2, 0.25) is 0 Å². The van der Waals surface area contributed by atoms with Crippen LogP contribution in [-0.2, 0) is 14.3 Å². The maximum absolute atomic E-state index is 12.8. The van der Waals surface area contributed by atoms with Crippen molar-refractivity contribution in [3.8, 4) is 0 Å². The lowest BCUT2D eigenvalue weighted by Gasteiger charge is -2.07. The van der Waals surface area contributed by atoms with E-state index in [2.05, 4.69) is 15.6 Å². The average Bonchev–Trinajstić information content (AvgIpc) is 3.18. The summed E-state index contributed by atoms with van der Waals surface area (Å²) in [5, 5.41) is 5.37. The molecule has 2 atom stereocenters. The number of hydrogen-bond acceptors (Lipinski definition) is 5. The van der Waals surface area contributed by atoms with Crippen LogP contribution in [0.15, 0.2) is 29.3 Å². The van der Waals surface area contributed by atoms with Crippen molar-refractivity contribution in [1.29, 1.82) is 0 Å². The summed E-state index contributed by atoms with van der Waals surface area (Å²) < 4.78 is 18.3. The molecule has 1 aromatic carbocycles. The van der Waals surface area contributed by atoms with Crippen molar-refractivity contribution < 1.29 is 18.7 Å². The van der Waals surface area contributed by atoms with Gasteiger partial charge in [-0.1, -0.05) is 11.8 Å². The van der Waals surface area contributed by atoms with Crippen LogP contribution >= 0.6 is 11.8 Å². The van der Waals surface area contributed by atoms with E-state index in [0.29, 0.717) is 17.4 Å². The molecule has 6 nitrogen and oxygen atoms in total. The van der Waals surface area contributed by atoms with E-state index in [4.69, 9.17) is 4.74 Å². The van der Waals surface area contributed by atoms with Gasteiger partial charge in [-0.3, -0.25) is 14.6 Å². The fourth-order valence-corrected chi connectivity index (χ4v) is 3.48. The highest BCUT2D eigenvalue weighted by atomic mass is 32.2. The van der Waals surface area contributed by atoms with Gasteiger partial charge in [0.2, 0.25) is 11.8 Å². The molecule has 0 bridgehead atoms. The van der Waals surface area contributed by atoms with Gasteiger partial charge >= 0.3 is 0 Å². The van der Waals surface area contributed by atoms with Crippen molar-refractivity contribution in [2.24, 2.45) is 4.99 Å². The number of rotatable bonds is 5. The maximum Gasteiger partial charge on any atom is 0.240 e. The molecule has 1 aromatic rings. The average molecular weight is 351 g/mol. The first-order chi connectivity index (χ1) is 11.6. The van der Waals surface area contributed by atoms with Gasteiger partial charge in [0.05, 0.1) is 12.6 Å². The number of benzene rings is 1. The van der Waals surface area contributed by atoms with E-state index in [9.17, 15) is 14.0 Å². The molecule has 128 valence electrons. The Kier molecular flexibility index (Phi) is 5.47. The van der Waals surface area contributed by atoms with Crippen molar-refractivity contribution in [3.63, 3.8) is 0 Å². The van der Waals surface area contributed by atoms with E-state index < -0.39 is 5.25 Å². The van der Waals surface area contributed by atoms with Crippen LogP contribution in [0.25, 0.3) is 0 Å². The largest absolute Gasteiger partial charge is 0.376 e. The summed E-state index contributed by atoms with van der Waals surface area (Å²) in [7, 11) is 0. The summed E-state index contributed by atoms with van der Waals surface area (Å²) >= 11 is 1.26. The molecule has 0 aliphatic carbocycles. The van der Waals surface area contributed by atoms with E-state index in [1.54, 1.807) is 0 Å². The molecular weight excluding hydrogens is 333 g/mol. The Labute approximate surface area is 143 Å². The zero-order chi connectivity index (χ0) is 16.9. The predicted molar refractivity (Wildman–Crippen MR) is 90.4 cm³/mol. The molecule has 2 fully saturated rings. The smallest absolute Gasteiger partial charge is 0.240 e. The second-order valence-corrected chi connectivity index (χ2v) is 6.83. The molecule has 24 heavy (non-hydrogen) atoms. The summed E-state index contributed by atoms with van der Waals surface area (Å²) in [4.78, 5) is 28.3. The third-order valence-corrected chi connectivity index (χ3v) is 4.86. The highest BCUT2D eigenvalue weighted by Crippen LogP contribution is 2.23. The Morgan fingerprint density at radius 3 is 2.92 bits per heavy atom. The van der Waals surface area contributed by atoms with E-state index in [1.807, 2.05) is 0 Å². The highest BCUT2D eigenvalue weighted by molar-refractivity contribution is 8.15. The normalized spacial score (nSPS) is 25.0. The van der Waals surface area contributed by atoms with E-state index in [1.165, 1.54) is 36.0 Å². The van der Waals surface area contributed by atoms with E-state index in [-0.39, 0.29) is 30.2 Å². The van der Waals surface area contributed by atoms with Gasteiger partial charge in [-0.15, -0.1) is 0 Å². The molecule has 2 saturated heterocycles. The van der Waals surface area contributed by atoms with Gasteiger partial charge in [-0.25, -0.2) is 4.39 Å². The maximum atomic E-state index is 12.8. The monoisotopic (exact) mass is 351 g/mol. The van der Waals surface area contributed by atoms with E-state index >= 15 is 0 Å². The number of amides is 2. The number of thioether (sulfide) groups is 1. The number of hydrogen-bond donors (Lipinski definition) is 2. The molecule has 2 amide bonds. The van der Waals surface area contributed by atoms with Crippen LogP contribution in [0.5, 0.6) is 0 Å². The number of anilines is 1. The highest BCUT2D eigenvalue weighted by Gasteiger charge is 2.32. The summed E-state index contributed by atoms with van der Waals surface area (Å²) in [5.41, 5.74) is 0.497. The summed E-state index contributed by atoms with van der Waals surface area (Å²) in [6.45, 7) is 1.29. The standard InChI is InChI=1S/C16H18FN3O3S/c17-10-3-5-11(6-4-10)19-14(21)8-13-15(22)20-16(24-13)18-9-12-2-1-7-23-12/h3-6,12-13H,1-2,7-9H2,(H,19,21)(H,18,20,22). The first-order valence-corrected chi connectivity index (χ1v) is 8.67. The first-order valence-electron chi connectivity index (χ1n) is 7.79. The van der Waals surface area contributed by atoms with Crippen LogP contribution in [0.1, 0.15) is 19.3 Å². The Balaban J connectivity index is 1.49. The van der Waals surface area contributed by atoms with Gasteiger partial charge in [-0.2, -0.15) is 0 Å². The zero-order valence-electron chi connectivity index (χ0n) is 13.0. The molecule has 0 aromatic heterocycles. The lowest BCUT2D eigenvalue weighted by Crippen LogP contribution is -2.28. The molecule has 8 heteroatoms. The van der Waals surface area contributed by atoms with E-state index in [0.717, 1.165) is 19.4 Å². The molecule has 2 aliphatic rings. The Hall–Kier alpha value is -1.93. The van der Waals surface area contributed by atoms with Crippen LogP contribution in [-0.4, -0.2) is 41.5 Å². The van der Waals surface area contributed by atoms with Crippen LogP contribution in [0.4, 0.5) is 10.1 Å². The molecule has 2 N–H and O–H groups in total. The number of nitrogens with one attached hydrogen (secondary N) is 2. The van der Waals surface area contributed by atoms with Gasteiger partial charge in [0, 0.05) is 18.7 Å². The lowest BCUT2D eigenvalue weighted by molar-refractivity contribution is -0.122. The number of aliphatic imine (C=N–C) groups is 1. The zero-order valence-corrected chi connectivity index (χ0v) is 13.8. The first kappa shape index (κ1) is 16.9. The molecule has 0 spiro atoms. The number of amidine groups is 1. The van der Waals surface area contributed by atoms with Crippen molar-refractivity contribution in [3.05, 3.63) is 30.1 Å². The minimum atomic E-state index is -0.506. The fourth-order valence-electron chi connectivity index (χ4n) is 2.50. The van der Waals surface area contributed by atoms with Gasteiger partial charge in [0.25, 0.3) is 0 Å². The van der Waals surface area contributed by atoms with Crippen molar-refractivity contribution >= 4 is 34.4 Å². The Morgan fingerprint density at radius 2 is 2.21 bits per heavy atom. The Bertz CT molecular complexity index is 644. The fraction of sp³-hybridized carbons (Fsp3) is 0.438. The Morgan fingerprint density at radius 1 is 1.42 bits per heavy atom. The second-order valence-electron chi connectivity index (χ2n) is 5.64. The van der Waals surface area contributed by atoms with Crippen LogP contribution < -0.4 is 10.6 Å². The number of ether oxygens (including phenoxy) is 1. The van der Waals surface area contributed by atoms with Crippen LogP contribution in [0.3, 0.4) is 0 Å². The topological polar surface area (TPSA) is 79.8 Å². The second kappa shape index (κ2) is 7.76. The molecule has 3 rings (SSSR count). The van der Waals surface area contributed by atoms with Gasteiger partial charge < -0.3 is 15.4 Å². The van der Waals surface area contributed by atoms with Gasteiger partial charge in [0.15, 0.2) is 5.17 Å². The van der Waals surface area contributed by atoms with Gasteiger partial charge in [0.1, 0.15) is 11.1 Å². The number of carbonyl (C=O) groups excluding carboxylic acids is 2. The van der Waals surface area contributed by atoms with Crippen molar-refractivity contribution in [2.75, 3.05) is 18.5 Å². The van der Waals surface area contributed by atoms with Crippen LogP contribution in [0, 0.1) is 5.82 Å². The van der Waals surface area contributed by atoms with Crippen molar-refractivity contribution in [2.45, 2.75) is 30.6 Å². The number of nitrogens with zero attached hydrogens (tertiary/aromatic N) is 1. The predicted octanol–water partition coefficient (Wildman–Crippen LogP) is 1.92.